The molecule has 1 N–H and O–H groups in total. The first-order valence-electron chi connectivity index (χ1n) is 12.1. The first-order valence-corrected chi connectivity index (χ1v) is 12.1. The Hall–Kier alpha value is -3.60. The molecule has 3 aromatic carbocycles. The Morgan fingerprint density at radius 2 is 1.63 bits per heavy atom. The molecule has 5 nitrogen and oxygen atoms in total. The molecule has 0 fully saturated rings. The van der Waals surface area contributed by atoms with Crippen LogP contribution < -0.4 is 10.1 Å². The maximum absolute atomic E-state index is 13.9. The summed E-state index contributed by atoms with van der Waals surface area (Å²) in [5.41, 5.74) is 5.07. The number of hydrogen-bond acceptors (Lipinski definition) is 3. The summed E-state index contributed by atoms with van der Waals surface area (Å²) in [6.45, 7) is 8.21. The molecular weight excluding hydrogens is 436 g/mol. The predicted molar refractivity (Wildman–Crippen MR) is 140 cm³/mol. The second kappa shape index (κ2) is 12.2. The van der Waals surface area contributed by atoms with Crippen LogP contribution in [0.1, 0.15) is 41.7 Å². The maximum Gasteiger partial charge on any atom is 0.243 e. The highest BCUT2D eigenvalue weighted by Gasteiger charge is 2.31. The van der Waals surface area contributed by atoms with Crippen molar-refractivity contribution in [2.45, 2.75) is 59.2 Å². The van der Waals surface area contributed by atoms with Crippen LogP contribution >= 0.6 is 0 Å². The van der Waals surface area contributed by atoms with Crippen LogP contribution in [0, 0.1) is 13.8 Å². The van der Waals surface area contributed by atoms with Crippen molar-refractivity contribution in [1.82, 2.24) is 10.2 Å². The Morgan fingerprint density at radius 3 is 2.31 bits per heavy atom. The molecule has 1 atom stereocenters. The molecule has 0 aliphatic rings. The van der Waals surface area contributed by atoms with Crippen molar-refractivity contribution in [1.29, 1.82) is 0 Å². The monoisotopic (exact) mass is 472 g/mol. The Balaban J connectivity index is 2.01. The molecule has 5 heteroatoms. The molecule has 0 bridgehead atoms. The van der Waals surface area contributed by atoms with E-state index >= 15 is 0 Å². The zero-order chi connectivity index (χ0) is 25.4. The largest absolute Gasteiger partial charge is 0.497 e. The molecule has 2 amide bonds. The van der Waals surface area contributed by atoms with Crippen molar-refractivity contribution < 1.29 is 14.3 Å². The molecule has 184 valence electrons. The first kappa shape index (κ1) is 26.0. The van der Waals surface area contributed by atoms with Gasteiger partial charge in [-0.15, -0.1) is 0 Å². The molecule has 0 spiro atoms. The Kier molecular flexibility index (Phi) is 9.07. The molecule has 0 aliphatic carbocycles. The highest BCUT2D eigenvalue weighted by atomic mass is 16.5. The fourth-order valence-corrected chi connectivity index (χ4v) is 4.16. The van der Waals surface area contributed by atoms with E-state index in [1.807, 2.05) is 94.4 Å². The van der Waals surface area contributed by atoms with Gasteiger partial charge in [0.25, 0.3) is 0 Å². The number of benzene rings is 3. The third-order valence-corrected chi connectivity index (χ3v) is 6.04. The number of ether oxygens (including phenoxy) is 1. The van der Waals surface area contributed by atoms with Gasteiger partial charge in [0.2, 0.25) is 11.8 Å². The number of amides is 2. The molecule has 0 saturated heterocycles. The number of carbonyl (C=O) groups excluding carboxylic acids is 2. The summed E-state index contributed by atoms with van der Waals surface area (Å²) in [6.07, 6.45) is 0.666. The van der Waals surface area contributed by atoms with Crippen LogP contribution in [0.4, 0.5) is 0 Å². The number of nitrogens with zero attached hydrogens (tertiary/aromatic N) is 1. The van der Waals surface area contributed by atoms with Gasteiger partial charge in [-0.25, -0.2) is 0 Å². The van der Waals surface area contributed by atoms with Gasteiger partial charge in [-0.1, -0.05) is 66.2 Å². The lowest BCUT2D eigenvalue weighted by Crippen LogP contribution is -2.52. The Labute approximate surface area is 209 Å². The van der Waals surface area contributed by atoms with Crippen molar-refractivity contribution in [3.8, 4) is 5.75 Å². The maximum atomic E-state index is 13.9. The summed E-state index contributed by atoms with van der Waals surface area (Å²) < 4.78 is 5.39. The number of aryl methyl sites for hydroxylation is 2. The quantitative estimate of drug-likeness (QED) is 0.451. The van der Waals surface area contributed by atoms with E-state index in [0.717, 1.165) is 33.6 Å². The lowest BCUT2D eigenvalue weighted by molar-refractivity contribution is -0.141. The second-order valence-electron chi connectivity index (χ2n) is 9.35. The number of hydrogen-bond donors (Lipinski definition) is 1. The van der Waals surface area contributed by atoms with Gasteiger partial charge < -0.3 is 15.0 Å². The van der Waals surface area contributed by atoms with E-state index in [0.29, 0.717) is 13.0 Å². The molecule has 0 radical (unpaired) electrons. The fourth-order valence-electron chi connectivity index (χ4n) is 4.16. The molecule has 3 aromatic rings. The first-order chi connectivity index (χ1) is 16.8. The van der Waals surface area contributed by atoms with Crippen molar-refractivity contribution in [2.24, 2.45) is 0 Å². The molecule has 0 saturated carbocycles. The van der Waals surface area contributed by atoms with Crippen molar-refractivity contribution in [3.05, 3.63) is 101 Å². The molecular formula is C30H36N2O3. The number of rotatable bonds is 10. The number of carbonyl (C=O) groups is 2. The van der Waals surface area contributed by atoms with Crippen LogP contribution in [0.15, 0.2) is 72.8 Å². The molecule has 0 aromatic heterocycles. The summed E-state index contributed by atoms with van der Waals surface area (Å²) in [5.74, 6) is 0.484. The van der Waals surface area contributed by atoms with Crippen LogP contribution in [0.5, 0.6) is 5.75 Å². The van der Waals surface area contributed by atoms with Gasteiger partial charge in [-0.05, 0) is 62.1 Å². The fraction of sp³-hybridized carbons (Fsp3) is 0.333. The molecule has 0 heterocycles. The topological polar surface area (TPSA) is 58.6 Å². The number of methoxy groups -OCH3 is 1. The van der Waals surface area contributed by atoms with Gasteiger partial charge in [0.1, 0.15) is 11.8 Å². The summed E-state index contributed by atoms with van der Waals surface area (Å²) in [5, 5.41) is 3.03. The van der Waals surface area contributed by atoms with Crippen molar-refractivity contribution in [3.63, 3.8) is 0 Å². The van der Waals surface area contributed by atoms with E-state index in [4.69, 9.17) is 4.74 Å². The molecule has 35 heavy (non-hydrogen) atoms. The van der Waals surface area contributed by atoms with E-state index in [1.54, 1.807) is 12.0 Å². The molecule has 0 aliphatic heterocycles. The van der Waals surface area contributed by atoms with Gasteiger partial charge in [-0.2, -0.15) is 0 Å². The van der Waals surface area contributed by atoms with Crippen LogP contribution in [-0.2, 0) is 29.0 Å². The minimum Gasteiger partial charge on any atom is -0.497 e. The average molecular weight is 473 g/mol. The summed E-state index contributed by atoms with van der Waals surface area (Å²) in [6, 6.07) is 23.0. The zero-order valence-corrected chi connectivity index (χ0v) is 21.4. The van der Waals surface area contributed by atoms with E-state index < -0.39 is 6.04 Å². The SMILES string of the molecule is COc1cccc(CN(C(=O)Cc2cc(C)ccc2C)C(Cc2ccccc2)C(=O)NC(C)C)c1. The van der Waals surface area contributed by atoms with Gasteiger partial charge >= 0.3 is 0 Å². The molecule has 3 rings (SSSR count). The minimum absolute atomic E-state index is 0.0337. The normalized spacial score (nSPS) is 11.7. The Morgan fingerprint density at radius 1 is 0.914 bits per heavy atom. The molecule has 1 unspecified atom stereocenters. The third kappa shape index (κ3) is 7.44. The van der Waals surface area contributed by atoms with E-state index in [2.05, 4.69) is 11.4 Å². The highest BCUT2D eigenvalue weighted by molar-refractivity contribution is 5.89. The summed E-state index contributed by atoms with van der Waals surface area (Å²) in [7, 11) is 1.62. The standard InChI is InChI=1S/C30H36N2O3/c1-21(2)31-30(34)28(18-24-10-7-6-8-11-24)32(20-25-12-9-13-27(17-25)35-5)29(33)19-26-16-22(3)14-15-23(26)4/h6-17,21,28H,18-20H2,1-5H3,(H,31,34). The summed E-state index contributed by atoms with van der Waals surface area (Å²) in [4.78, 5) is 29.1. The lowest BCUT2D eigenvalue weighted by Gasteiger charge is -2.32. The van der Waals surface area contributed by atoms with E-state index in [9.17, 15) is 9.59 Å². The zero-order valence-electron chi connectivity index (χ0n) is 21.4. The van der Waals surface area contributed by atoms with Gasteiger partial charge in [0.05, 0.1) is 13.5 Å². The van der Waals surface area contributed by atoms with Gasteiger partial charge in [0, 0.05) is 19.0 Å². The van der Waals surface area contributed by atoms with E-state index in [-0.39, 0.29) is 24.3 Å². The van der Waals surface area contributed by atoms with Crippen LogP contribution in [0.2, 0.25) is 0 Å². The third-order valence-electron chi connectivity index (χ3n) is 6.04. The van der Waals surface area contributed by atoms with Crippen molar-refractivity contribution >= 4 is 11.8 Å². The van der Waals surface area contributed by atoms with Gasteiger partial charge in [0.15, 0.2) is 0 Å². The smallest absolute Gasteiger partial charge is 0.243 e. The van der Waals surface area contributed by atoms with Crippen LogP contribution in [0.3, 0.4) is 0 Å². The average Bonchev–Trinajstić information content (AvgIpc) is 2.83. The highest BCUT2D eigenvalue weighted by Crippen LogP contribution is 2.20. The van der Waals surface area contributed by atoms with Gasteiger partial charge in [-0.3, -0.25) is 9.59 Å². The summed E-state index contributed by atoms with van der Waals surface area (Å²) >= 11 is 0. The van der Waals surface area contributed by atoms with Crippen LogP contribution in [-0.4, -0.2) is 35.9 Å². The predicted octanol–water partition coefficient (Wildman–Crippen LogP) is 5.02. The van der Waals surface area contributed by atoms with Crippen molar-refractivity contribution in [2.75, 3.05) is 7.11 Å². The lowest BCUT2D eigenvalue weighted by atomic mass is 9.99. The second-order valence-corrected chi connectivity index (χ2v) is 9.35. The Bertz CT molecular complexity index is 1140. The van der Waals surface area contributed by atoms with E-state index in [1.165, 1.54) is 0 Å². The van der Waals surface area contributed by atoms with Crippen LogP contribution in [0.25, 0.3) is 0 Å². The minimum atomic E-state index is -0.649. The number of nitrogens with one attached hydrogen (secondary N) is 1.